The van der Waals surface area contributed by atoms with Crippen molar-refractivity contribution in [1.82, 2.24) is 4.90 Å². The van der Waals surface area contributed by atoms with Gasteiger partial charge in [0.25, 0.3) is 5.91 Å². The third-order valence-corrected chi connectivity index (χ3v) is 3.51. The Morgan fingerprint density at radius 2 is 2.21 bits per heavy atom. The van der Waals surface area contributed by atoms with Crippen LogP contribution in [-0.4, -0.2) is 55.0 Å². The van der Waals surface area contributed by atoms with E-state index in [9.17, 15) is 14.4 Å². The molecule has 0 aliphatic carbocycles. The van der Waals surface area contributed by atoms with Crippen LogP contribution in [0.15, 0.2) is 0 Å². The van der Waals surface area contributed by atoms with Gasteiger partial charge < -0.3 is 14.4 Å². The van der Waals surface area contributed by atoms with E-state index in [2.05, 4.69) is 0 Å². The molecule has 0 spiro atoms. The molecule has 0 aromatic carbocycles. The molecule has 6 heteroatoms. The van der Waals surface area contributed by atoms with Crippen LogP contribution in [0.1, 0.15) is 26.2 Å². The van der Waals surface area contributed by atoms with Crippen LogP contribution in [0.5, 0.6) is 0 Å². The van der Waals surface area contributed by atoms with Crippen LogP contribution >= 0.6 is 0 Å². The van der Waals surface area contributed by atoms with Gasteiger partial charge in [-0.1, -0.05) is 0 Å². The zero-order valence-electron chi connectivity index (χ0n) is 11.1. The molecule has 1 amide bonds. The van der Waals surface area contributed by atoms with Gasteiger partial charge in [0, 0.05) is 13.2 Å². The van der Waals surface area contributed by atoms with Crippen molar-refractivity contribution in [3.8, 4) is 0 Å². The summed E-state index contributed by atoms with van der Waals surface area (Å²) in [6, 6.07) is 0. The Bertz CT molecular complexity index is 375. The maximum Gasteiger partial charge on any atom is 0.316 e. The molecule has 2 heterocycles. The van der Waals surface area contributed by atoms with E-state index in [1.54, 1.807) is 6.92 Å². The minimum Gasteiger partial charge on any atom is -0.465 e. The number of likely N-dealkylation sites (tertiary alicyclic amines) is 1. The molecule has 0 aromatic rings. The summed E-state index contributed by atoms with van der Waals surface area (Å²) in [7, 11) is 0. The summed E-state index contributed by atoms with van der Waals surface area (Å²) < 4.78 is 10.2. The summed E-state index contributed by atoms with van der Waals surface area (Å²) in [5.41, 5.74) is 0. The topological polar surface area (TPSA) is 72.9 Å². The lowest BCUT2D eigenvalue weighted by Gasteiger charge is -2.31. The van der Waals surface area contributed by atoms with Crippen LogP contribution in [0.2, 0.25) is 0 Å². The van der Waals surface area contributed by atoms with Crippen molar-refractivity contribution in [3.05, 3.63) is 0 Å². The first-order valence-corrected chi connectivity index (χ1v) is 6.73. The predicted molar refractivity (Wildman–Crippen MR) is 65.3 cm³/mol. The van der Waals surface area contributed by atoms with Gasteiger partial charge in [0.15, 0.2) is 5.78 Å². The SMILES string of the molecule is CCOC(=O)C1CCN(C(=O)C2CCCO2)CC1=O. The normalized spacial score (nSPS) is 27.4. The van der Waals surface area contributed by atoms with Gasteiger partial charge in [0.2, 0.25) is 0 Å². The number of ether oxygens (including phenoxy) is 2. The zero-order chi connectivity index (χ0) is 13.8. The molecular weight excluding hydrogens is 250 g/mol. The molecule has 2 rings (SSSR count). The Morgan fingerprint density at radius 3 is 2.79 bits per heavy atom. The van der Waals surface area contributed by atoms with E-state index in [1.165, 1.54) is 4.90 Å². The highest BCUT2D eigenvalue weighted by Crippen LogP contribution is 2.20. The molecule has 2 aliphatic rings. The van der Waals surface area contributed by atoms with Gasteiger partial charge in [-0.2, -0.15) is 0 Å². The third-order valence-electron chi connectivity index (χ3n) is 3.51. The Labute approximate surface area is 112 Å². The van der Waals surface area contributed by atoms with Crippen molar-refractivity contribution in [1.29, 1.82) is 0 Å². The summed E-state index contributed by atoms with van der Waals surface area (Å²) in [5.74, 6) is -1.56. The fraction of sp³-hybridized carbons (Fsp3) is 0.769. The van der Waals surface area contributed by atoms with Gasteiger partial charge in [-0.25, -0.2) is 0 Å². The predicted octanol–water partition coefficient (Wildman–Crippen LogP) is 0.146. The Hall–Kier alpha value is -1.43. The number of rotatable bonds is 3. The number of carbonyl (C=O) groups is 3. The van der Waals surface area contributed by atoms with Crippen molar-refractivity contribution < 1.29 is 23.9 Å². The molecule has 2 atom stereocenters. The molecule has 106 valence electrons. The maximum atomic E-state index is 12.1. The first kappa shape index (κ1) is 14.0. The number of esters is 1. The van der Waals surface area contributed by atoms with E-state index in [0.717, 1.165) is 6.42 Å². The van der Waals surface area contributed by atoms with Crippen molar-refractivity contribution in [2.75, 3.05) is 26.3 Å². The van der Waals surface area contributed by atoms with E-state index >= 15 is 0 Å². The minimum absolute atomic E-state index is 0.0117. The monoisotopic (exact) mass is 269 g/mol. The minimum atomic E-state index is -0.714. The second-order valence-corrected chi connectivity index (χ2v) is 4.82. The Kier molecular flexibility index (Phi) is 4.52. The van der Waals surface area contributed by atoms with E-state index in [0.29, 0.717) is 26.0 Å². The summed E-state index contributed by atoms with van der Waals surface area (Å²) in [5, 5.41) is 0. The fourth-order valence-corrected chi connectivity index (χ4v) is 2.48. The van der Waals surface area contributed by atoms with Gasteiger partial charge in [-0.3, -0.25) is 14.4 Å². The third kappa shape index (κ3) is 3.12. The molecule has 2 aliphatic heterocycles. The van der Waals surface area contributed by atoms with Crippen LogP contribution in [0.4, 0.5) is 0 Å². The molecular formula is C13H19NO5. The van der Waals surface area contributed by atoms with Gasteiger partial charge in [0.1, 0.15) is 12.0 Å². The van der Waals surface area contributed by atoms with Crippen LogP contribution in [0, 0.1) is 5.92 Å². The van der Waals surface area contributed by atoms with E-state index in [4.69, 9.17) is 9.47 Å². The highest BCUT2D eigenvalue weighted by atomic mass is 16.5. The smallest absolute Gasteiger partial charge is 0.316 e. The number of amides is 1. The summed E-state index contributed by atoms with van der Waals surface area (Å²) in [6.45, 7) is 2.97. The van der Waals surface area contributed by atoms with Crippen LogP contribution in [-0.2, 0) is 23.9 Å². The number of ketones is 1. The lowest BCUT2D eigenvalue weighted by atomic mass is 9.95. The largest absolute Gasteiger partial charge is 0.465 e. The summed E-state index contributed by atoms with van der Waals surface area (Å²) in [4.78, 5) is 37.0. The lowest BCUT2D eigenvalue weighted by Crippen LogP contribution is -2.49. The molecule has 2 unspecified atom stereocenters. The molecule has 0 radical (unpaired) electrons. The first-order chi connectivity index (χ1) is 9.13. The molecule has 19 heavy (non-hydrogen) atoms. The highest BCUT2D eigenvalue weighted by Gasteiger charge is 2.37. The van der Waals surface area contributed by atoms with E-state index in [-0.39, 0.29) is 24.8 Å². The van der Waals surface area contributed by atoms with Gasteiger partial charge in [0.05, 0.1) is 13.2 Å². The van der Waals surface area contributed by atoms with Crippen molar-refractivity contribution in [3.63, 3.8) is 0 Å². The van der Waals surface area contributed by atoms with Gasteiger partial charge in [-0.15, -0.1) is 0 Å². The number of Topliss-reactive ketones (excluding diaryl/α,β-unsaturated/α-hetero) is 1. The molecule has 0 aromatic heterocycles. The van der Waals surface area contributed by atoms with Crippen molar-refractivity contribution in [2.24, 2.45) is 5.92 Å². The van der Waals surface area contributed by atoms with E-state index < -0.39 is 18.0 Å². The maximum absolute atomic E-state index is 12.1. The fourth-order valence-electron chi connectivity index (χ4n) is 2.48. The lowest BCUT2D eigenvalue weighted by molar-refractivity contribution is -0.157. The number of piperidine rings is 1. The molecule has 0 N–H and O–H groups in total. The Balaban J connectivity index is 1.90. The standard InChI is InChI=1S/C13H19NO5/c1-2-18-13(17)9-5-6-14(8-10(9)15)12(16)11-4-3-7-19-11/h9,11H,2-8H2,1H3. The number of hydrogen-bond acceptors (Lipinski definition) is 5. The van der Waals surface area contributed by atoms with Crippen LogP contribution in [0.25, 0.3) is 0 Å². The quantitative estimate of drug-likeness (QED) is 0.538. The van der Waals surface area contributed by atoms with Crippen molar-refractivity contribution >= 4 is 17.7 Å². The summed E-state index contributed by atoms with van der Waals surface area (Å²) >= 11 is 0. The summed E-state index contributed by atoms with van der Waals surface area (Å²) in [6.07, 6.45) is 1.52. The number of hydrogen-bond donors (Lipinski definition) is 0. The van der Waals surface area contributed by atoms with Crippen molar-refractivity contribution in [2.45, 2.75) is 32.3 Å². The zero-order valence-corrected chi connectivity index (χ0v) is 11.1. The molecule has 0 saturated carbocycles. The number of nitrogens with zero attached hydrogens (tertiary/aromatic N) is 1. The molecule has 0 bridgehead atoms. The second kappa shape index (κ2) is 6.14. The molecule has 2 fully saturated rings. The average Bonchev–Trinajstić information content (AvgIpc) is 2.91. The van der Waals surface area contributed by atoms with Gasteiger partial charge >= 0.3 is 5.97 Å². The van der Waals surface area contributed by atoms with Gasteiger partial charge in [-0.05, 0) is 26.2 Å². The van der Waals surface area contributed by atoms with Crippen LogP contribution < -0.4 is 0 Å². The number of carbonyl (C=O) groups excluding carboxylic acids is 3. The Morgan fingerprint density at radius 1 is 1.42 bits per heavy atom. The highest BCUT2D eigenvalue weighted by molar-refractivity contribution is 6.02. The first-order valence-electron chi connectivity index (χ1n) is 6.73. The average molecular weight is 269 g/mol. The van der Waals surface area contributed by atoms with E-state index in [1.807, 2.05) is 0 Å². The van der Waals surface area contributed by atoms with Crippen LogP contribution in [0.3, 0.4) is 0 Å². The molecule has 6 nitrogen and oxygen atoms in total. The second-order valence-electron chi connectivity index (χ2n) is 4.82. The molecule has 2 saturated heterocycles.